The Kier molecular flexibility index (Phi) is 5.64. The van der Waals surface area contributed by atoms with E-state index < -0.39 is 21.0 Å². The predicted octanol–water partition coefficient (Wildman–Crippen LogP) is 2.01. The van der Waals surface area contributed by atoms with Gasteiger partial charge in [-0.25, -0.2) is 4.79 Å². The molecule has 0 saturated heterocycles. The Hall–Kier alpha value is -1.56. The van der Waals surface area contributed by atoms with E-state index >= 15 is 0 Å². The van der Waals surface area contributed by atoms with E-state index in [-0.39, 0.29) is 5.75 Å². The third kappa shape index (κ3) is 4.75. The number of benzene rings is 1. The van der Waals surface area contributed by atoms with Crippen LogP contribution in [0.1, 0.15) is 6.92 Å². The Morgan fingerprint density at radius 3 is 2.72 bits per heavy atom. The molecule has 0 spiro atoms. The molecule has 0 aliphatic carbocycles. The number of nitrogens with two attached hydrogens (primary N) is 1. The third-order valence-electron chi connectivity index (χ3n) is 1.76. The zero-order valence-electron chi connectivity index (χ0n) is 9.90. The van der Waals surface area contributed by atoms with Gasteiger partial charge in [-0.05, 0) is 19.1 Å². The summed E-state index contributed by atoms with van der Waals surface area (Å²) in [6, 6.07) is 6.62. The molecule has 2 atom stereocenters. The molecule has 0 saturated carbocycles. The van der Waals surface area contributed by atoms with Crippen molar-refractivity contribution in [3.8, 4) is 5.75 Å². The van der Waals surface area contributed by atoms with Crippen molar-refractivity contribution in [2.45, 2.75) is 13.2 Å². The molecule has 0 radical (unpaired) electrons. The molecule has 100 valence electrons. The molecule has 1 rings (SSSR count). The Morgan fingerprint density at radius 1 is 1.44 bits per heavy atom. The van der Waals surface area contributed by atoms with Crippen LogP contribution >= 0.6 is 8.60 Å². The van der Waals surface area contributed by atoms with E-state index in [1.807, 2.05) is 0 Å². The maximum atomic E-state index is 10.8. The largest absolute Gasteiger partial charge is 0.510 e. The summed E-state index contributed by atoms with van der Waals surface area (Å²) in [7, 11) is -1.10. The number of hydrogen-bond donors (Lipinski definition) is 2. The number of ether oxygens (including phenoxy) is 2. The van der Waals surface area contributed by atoms with E-state index in [0.717, 1.165) is 7.11 Å². The van der Waals surface area contributed by atoms with Crippen LogP contribution in [0.4, 0.5) is 10.5 Å². The zero-order chi connectivity index (χ0) is 13.5. The zero-order valence-corrected chi connectivity index (χ0v) is 10.8. The SMILES string of the molecule is COC(=O)OC(C)OP(O)Oc1ccccc1N. The van der Waals surface area contributed by atoms with Gasteiger partial charge in [-0.2, -0.15) is 0 Å². The summed E-state index contributed by atoms with van der Waals surface area (Å²) in [4.78, 5) is 20.3. The molecule has 18 heavy (non-hydrogen) atoms. The van der Waals surface area contributed by atoms with Gasteiger partial charge in [0, 0.05) is 0 Å². The minimum atomic E-state index is -2.26. The van der Waals surface area contributed by atoms with Gasteiger partial charge in [0.2, 0.25) is 6.29 Å². The summed E-state index contributed by atoms with van der Waals surface area (Å²) in [5.41, 5.74) is 5.98. The maximum absolute atomic E-state index is 10.8. The Labute approximate surface area is 105 Å². The van der Waals surface area contributed by atoms with Gasteiger partial charge < -0.3 is 24.6 Å². The van der Waals surface area contributed by atoms with Crippen molar-refractivity contribution in [1.82, 2.24) is 0 Å². The second-order valence-electron chi connectivity index (χ2n) is 3.11. The molecule has 1 aromatic rings. The third-order valence-corrected chi connectivity index (χ3v) is 2.59. The van der Waals surface area contributed by atoms with E-state index in [9.17, 15) is 9.69 Å². The van der Waals surface area contributed by atoms with E-state index in [1.54, 1.807) is 24.3 Å². The molecular weight excluding hydrogens is 261 g/mol. The van der Waals surface area contributed by atoms with Crippen LogP contribution in [0.2, 0.25) is 0 Å². The van der Waals surface area contributed by atoms with E-state index in [2.05, 4.69) is 9.47 Å². The first-order valence-electron chi connectivity index (χ1n) is 4.95. The molecule has 0 heterocycles. The molecule has 0 aromatic heterocycles. The number of anilines is 1. The van der Waals surface area contributed by atoms with Crippen LogP contribution in [-0.2, 0) is 14.0 Å². The Bertz CT molecular complexity index is 402. The molecule has 0 bridgehead atoms. The van der Waals surface area contributed by atoms with Crippen molar-refractivity contribution in [2.24, 2.45) is 0 Å². The van der Waals surface area contributed by atoms with Crippen molar-refractivity contribution in [2.75, 3.05) is 12.8 Å². The number of para-hydroxylation sites is 2. The summed E-state index contributed by atoms with van der Waals surface area (Å²) in [6.45, 7) is 1.42. The van der Waals surface area contributed by atoms with Crippen molar-refractivity contribution in [3.05, 3.63) is 24.3 Å². The molecule has 0 amide bonds. The summed E-state index contributed by atoms with van der Waals surface area (Å²) in [5, 5.41) is 0. The fraction of sp³-hybridized carbons (Fsp3) is 0.300. The Morgan fingerprint density at radius 2 is 2.11 bits per heavy atom. The average Bonchev–Trinajstić information content (AvgIpc) is 2.31. The monoisotopic (exact) mass is 275 g/mol. The summed E-state index contributed by atoms with van der Waals surface area (Å²) in [5.74, 6) is 0.288. The van der Waals surface area contributed by atoms with Crippen molar-refractivity contribution in [3.63, 3.8) is 0 Å². The van der Waals surface area contributed by atoms with Crippen LogP contribution in [0.15, 0.2) is 24.3 Å². The summed E-state index contributed by atoms with van der Waals surface area (Å²) < 4.78 is 18.8. The van der Waals surface area contributed by atoms with Crippen LogP contribution < -0.4 is 10.3 Å². The highest BCUT2D eigenvalue weighted by Crippen LogP contribution is 2.38. The number of carbonyl (C=O) groups excluding carboxylic acids is 1. The first-order chi connectivity index (χ1) is 8.52. The van der Waals surface area contributed by atoms with Crippen molar-refractivity contribution >= 4 is 20.4 Å². The highest BCUT2D eigenvalue weighted by Gasteiger charge is 2.18. The quantitative estimate of drug-likeness (QED) is 0.367. The number of methoxy groups -OCH3 is 1. The molecule has 3 N–H and O–H groups in total. The first-order valence-corrected chi connectivity index (χ1v) is 6.08. The number of hydrogen-bond acceptors (Lipinski definition) is 7. The minimum absolute atomic E-state index is 0.288. The fourth-order valence-electron chi connectivity index (χ4n) is 1.00. The molecule has 1 aromatic carbocycles. The predicted molar refractivity (Wildman–Crippen MR) is 64.7 cm³/mol. The van der Waals surface area contributed by atoms with Gasteiger partial charge in [-0.3, -0.25) is 4.52 Å². The minimum Gasteiger partial charge on any atom is -0.438 e. The van der Waals surface area contributed by atoms with Crippen molar-refractivity contribution in [1.29, 1.82) is 0 Å². The molecule has 0 aliphatic rings. The smallest absolute Gasteiger partial charge is 0.438 e. The average molecular weight is 275 g/mol. The topological polar surface area (TPSA) is 100 Å². The highest BCUT2D eigenvalue weighted by atomic mass is 31.2. The van der Waals surface area contributed by atoms with Gasteiger partial charge in [0.05, 0.1) is 12.8 Å². The molecule has 8 heteroatoms. The molecule has 0 aliphatic heterocycles. The van der Waals surface area contributed by atoms with Gasteiger partial charge in [-0.1, -0.05) is 12.1 Å². The maximum Gasteiger partial charge on any atom is 0.510 e. The second-order valence-corrected chi connectivity index (χ2v) is 3.98. The standard InChI is InChI=1S/C10H14NO6P/c1-7(15-10(12)14-2)16-18(13)17-9-6-4-3-5-8(9)11/h3-7,13H,11H2,1-2H3. The first kappa shape index (κ1) is 14.5. The lowest BCUT2D eigenvalue weighted by atomic mass is 10.3. The number of nitrogen functional groups attached to an aromatic ring is 1. The summed E-state index contributed by atoms with van der Waals surface area (Å²) >= 11 is 0. The van der Waals surface area contributed by atoms with Crippen LogP contribution in [0.3, 0.4) is 0 Å². The van der Waals surface area contributed by atoms with Crippen LogP contribution in [-0.4, -0.2) is 24.4 Å². The molecule has 2 unspecified atom stereocenters. The van der Waals surface area contributed by atoms with Crippen LogP contribution in [0, 0.1) is 0 Å². The van der Waals surface area contributed by atoms with E-state index in [1.165, 1.54) is 6.92 Å². The lowest BCUT2D eigenvalue weighted by Gasteiger charge is -2.17. The van der Waals surface area contributed by atoms with E-state index in [0.29, 0.717) is 5.69 Å². The second kappa shape index (κ2) is 7.00. The summed E-state index contributed by atoms with van der Waals surface area (Å²) in [6.07, 6.45) is -1.91. The van der Waals surface area contributed by atoms with Gasteiger partial charge in [0.25, 0.3) is 0 Å². The molecule has 0 fully saturated rings. The van der Waals surface area contributed by atoms with Gasteiger partial charge in [0.1, 0.15) is 0 Å². The van der Waals surface area contributed by atoms with Gasteiger partial charge in [-0.15, -0.1) is 0 Å². The Balaban J connectivity index is 2.44. The van der Waals surface area contributed by atoms with Crippen LogP contribution in [0.5, 0.6) is 5.75 Å². The fourth-order valence-corrected chi connectivity index (χ4v) is 1.68. The highest BCUT2D eigenvalue weighted by molar-refractivity contribution is 7.41. The van der Waals surface area contributed by atoms with Crippen molar-refractivity contribution < 1.29 is 28.2 Å². The lowest BCUT2D eigenvalue weighted by Crippen LogP contribution is -2.16. The lowest BCUT2D eigenvalue weighted by molar-refractivity contribution is -0.0508. The van der Waals surface area contributed by atoms with Crippen LogP contribution in [0.25, 0.3) is 0 Å². The molecular formula is C10H14NO6P. The number of carbonyl (C=O) groups is 1. The van der Waals surface area contributed by atoms with E-state index in [4.69, 9.17) is 14.8 Å². The van der Waals surface area contributed by atoms with Gasteiger partial charge >= 0.3 is 14.8 Å². The van der Waals surface area contributed by atoms with Gasteiger partial charge in [0.15, 0.2) is 5.75 Å². The normalized spacial score (nSPS) is 13.5. The number of rotatable bonds is 5. The molecule has 7 nitrogen and oxygen atoms in total.